The van der Waals surface area contributed by atoms with Gasteiger partial charge in [-0.2, -0.15) is 0 Å². The van der Waals surface area contributed by atoms with Crippen LogP contribution in [0.1, 0.15) is 20.7 Å². The number of rotatable bonds is 2. The summed E-state index contributed by atoms with van der Waals surface area (Å²) in [6, 6.07) is 5.02. The molecule has 0 amide bonds. The Labute approximate surface area is 92.5 Å². The highest BCUT2D eigenvalue weighted by molar-refractivity contribution is 5.91. The molecule has 0 saturated heterocycles. The van der Waals surface area contributed by atoms with Crippen LogP contribution in [0.2, 0.25) is 0 Å². The fraction of sp³-hybridized carbons (Fsp3) is 0. The molecule has 0 aliphatic rings. The molecule has 4 nitrogen and oxygen atoms in total. The van der Waals surface area contributed by atoms with Gasteiger partial charge >= 0.3 is 11.9 Å². The molecule has 16 heavy (non-hydrogen) atoms. The third kappa shape index (κ3) is 4.63. The second-order valence-corrected chi connectivity index (χ2v) is 2.54. The van der Waals surface area contributed by atoms with E-state index in [4.69, 9.17) is 10.2 Å². The summed E-state index contributed by atoms with van der Waals surface area (Å²) in [5, 5.41) is 16.9. The van der Waals surface area contributed by atoms with Gasteiger partial charge in [0.25, 0.3) is 0 Å². The maximum absolute atomic E-state index is 10.3. The largest absolute Gasteiger partial charge is 0.478 e. The van der Waals surface area contributed by atoms with Crippen LogP contribution in [-0.4, -0.2) is 22.2 Å². The summed E-state index contributed by atoms with van der Waals surface area (Å²) in [5.41, 5.74) is 4.81. The van der Waals surface area contributed by atoms with Gasteiger partial charge in [0.1, 0.15) is 0 Å². The van der Waals surface area contributed by atoms with Crippen LogP contribution in [0.4, 0.5) is 0 Å². The van der Waals surface area contributed by atoms with E-state index in [-0.39, 0.29) is 11.1 Å². The van der Waals surface area contributed by atoms with E-state index in [1.807, 2.05) is 0 Å². The van der Waals surface area contributed by atoms with Gasteiger partial charge in [0.2, 0.25) is 0 Å². The first-order chi connectivity index (χ1) is 7.52. The van der Waals surface area contributed by atoms with Crippen molar-refractivity contribution in [1.82, 2.24) is 0 Å². The van der Waals surface area contributed by atoms with E-state index in [2.05, 4.69) is 24.6 Å². The van der Waals surface area contributed by atoms with Gasteiger partial charge in [-0.3, -0.25) is 0 Å². The molecule has 82 valence electrons. The maximum Gasteiger partial charge on any atom is 0.335 e. The molecule has 0 saturated carbocycles. The number of hydrogen-bond donors (Lipinski definition) is 2. The highest BCUT2D eigenvalue weighted by Crippen LogP contribution is 2.03. The zero-order valence-electron chi connectivity index (χ0n) is 8.43. The van der Waals surface area contributed by atoms with E-state index in [0.29, 0.717) is 0 Å². The van der Waals surface area contributed by atoms with Gasteiger partial charge < -0.3 is 10.2 Å². The van der Waals surface area contributed by atoms with Gasteiger partial charge in [0, 0.05) is 0 Å². The number of carboxylic acid groups (broad SMARTS) is 2. The van der Waals surface area contributed by atoms with Crippen LogP contribution in [0, 0.1) is 0 Å². The van der Waals surface area contributed by atoms with E-state index in [9.17, 15) is 9.59 Å². The van der Waals surface area contributed by atoms with Gasteiger partial charge in [-0.1, -0.05) is 11.5 Å². The van der Waals surface area contributed by atoms with Crippen LogP contribution in [0.15, 0.2) is 48.9 Å². The van der Waals surface area contributed by atoms with E-state index in [1.165, 1.54) is 24.3 Å². The maximum atomic E-state index is 10.3. The van der Waals surface area contributed by atoms with E-state index < -0.39 is 11.9 Å². The van der Waals surface area contributed by atoms with Crippen LogP contribution >= 0.6 is 0 Å². The first kappa shape index (κ1) is 13.5. The summed E-state index contributed by atoms with van der Waals surface area (Å²) in [4.78, 5) is 20.7. The molecule has 1 aromatic rings. The van der Waals surface area contributed by atoms with Crippen LogP contribution in [0.25, 0.3) is 0 Å². The lowest BCUT2D eigenvalue weighted by molar-refractivity contribution is 0.0681. The molecule has 0 aliphatic heterocycles. The molecule has 0 aromatic heterocycles. The van der Waals surface area contributed by atoms with Gasteiger partial charge in [-0.05, 0) is 37.4 Å². The van der Waals surface area contributed by atoms with E-state index in [1.54, 1.807) is 0 Å². The van der Waals surface area contributed by atoms with E-state index >= 15 is 0 Å². The minimum atomic E-state index is -1.06. The number of benzene rings is 1. The Morgan fingerprint density at radius 1 is 0.875 bits per heavy atom. The lowest BCUT2D eigenvalue weighted by Crippen LogP contribution is -1.99. The zero-order valence-corrected chi connectivity index (χ0v) is 8.43. The first-order valence-electron chi connectivity index (χ1n) is 4.13. The third-order valence-electron chi connectivity index (χ3n) is 1.50. The number of hydrogen-bond acceptors (Lipinski definition) is 2. The summed E-state index contributed by atoms with van der Waals surface area (Å²) >= 11 is 0. The number of aromatic carboxylic acids is 2. The van der Waals surface area contributed by atoms with Crippen molar-refractivity contribution >= 4 is 11.9 Å². The molecule has 0 radical (unpaired) electrons. The lowest BCUT2D eigenvalue weighted by Gasteiger charge is -1.94. The summed E-state index contributed by atoms with van der Waals surface area (Å²) in [7, 11) is 0. The van der Waals surface area contributed by atoms with Gasteiger partial charge in [-0.25, -0.2) is 9.59 Å². The van der Waals surface area contributed by atoms with Gasteiger partial charge in [0.15, 0.2) is 0 Å². The minimum Gasteiger partial charge on any atom is -0.478 e. The molecule has 0 atom stereocenters. The van der Waals surface area contributed by atoms with Crippen molar-refractivity contribution in [3.05, 3.63) is 60.0 Å². The Morgan fingerprint density at radius 2 is 1.12 bits per heavy atom. The summed E-state index contributed by atoms with van der Waals surface area (Å²) in [6.45, 7) is 6.36. The quantitative estimate of drug-likeness (QED) is 0.746. The van der Waals surface area contributed by atoms with Gasteiger partial charge in [-0.15, -0.1) is 0 Å². The van der Waals surface area contributed by atoms with Crippen molar-refractivity contribution < 1.29 is 19.8 Å². The molecule has 4 heteroatoms. The predicted molar refractivity (Wildman–Crippen MR) is 58.6 cm³/mol. The second kappa shape index (κ2) is 6.85. The van der Waals surface area contributed by atoms with Crippen LogP contribution < -0.4 is 0 Å². The standard InChI is InChI=1S/C8H6O4.C4H4/c9-7(10)5-1-2-6(4-3-5)8(11)12;1-3-4-2/h1-4H,(H,9,10)(H,11,12);1-2H2. The van der Waals surface area contributed by atoms with Crippen molar-refractivity contribution in [3.63, 3.8) is 0 Å². The fourth-order valence-corrected chi connectivity index (χ4v) is 0.755. The average molecular weight is 218 g/mol. The van der Waals surface area contributed by atoms with E-state index in [0.717, 1.165) is 0 Å². The molecule has 0 spiro atoms. The molecule has 0 bridgehead atoms. The molecule has 1 aromatic carbocycles. The molecule has 2 N–H and O–H groups in total. The summed E-state index contributed by atoms with van der Waals surface area (Å²) < 4.78 is 0. The van der Waals surface area contributed by atoms with Crippen molar-refractivity contribution in [1.29, 1.82) is 0 Å². The van der Waals surface area contributed by atoms with Crippen LogP contribution in [0.5, 0.6) is 0 Å². The molecule has 0 unspecified atom stereocenters. The minimum absolute atomic E-state index is 0.0833. The Kier molecular flexibility index (Phi) is 5.76. The van der Waals surface area contributed by atoms with Crippen molar-refractivity contribution in [2.45, 2.75) is 0 Å². The Hall–Kier alpha value is -2.54. The number of carbonyl (C=O) groups is 2. The van der Waals surface area contributed by atoms with Crippen LogP contribution in [-0.2, 0) is 0 Å². The molecule has 1 rings (SSSR count). The van der Waals surface area contributed by atoms with Crippen molar-refractivity contribution in [2.24, 2.45) is 0 Å². The molecule has 0 heterocycles. The average Bonchev–Trinajstić information content (AvgIpc) is 2.29. The molecular formula is C12H10O4. The Bertz CT molecular complexity index is 403. The lowest BCUT2D eigenvalue weighted by atomic mass is 10.1. The molecule has 0 aliphatic carbocycles. The fourth-order valence-electron chi connectivity index (χ4n) is 0.755. The first-order valence-corrected chi connectivity index (χ1v) is 4.13. The number of carboxylic acids is 2. The molecule has 0 fully saturated rings. The van der Waals surface area contributed by atoms with Crippen molar-refractivity contribution in [3.8, 4) is 0 Å². The Morgan fingerprint density at radius 3 is 1.25 bits per heavy atom. The third-order valence-corrected chi connectivity index (χ3v) is 1.50. The monoisotopic (exact) mass is 218 g/mol. The summed E-state index contributed by atoms with van der Waals surface area (Å²) in [5.74, 6) is -2.13. The highest BCUT2D eigenvalue weighted by atomic mass is 16.4. The van der Waals surface area contributed by atoms with Crippen LogP contribution in [0.3, 0.4) is 0 Å². The normalized spacial score (nSPS) is 7.75. The van der Waals surface area contributed by atoms with Crippen molar-refractivity contribution in [2.75, 3.05) is 0 Å². The topological polar surface area (TPSA) is 74.6 Å². The zero-order chi connectivity index (χ0) is 12.6. The highest BCUT2D eigenvalue weighted by Gasteiger charge is 2.04. The molecular weight excluding hydrogens is 208 g/mol. The Balaban J connectivity index is 0.000000487. The summed E-state index contributed by atoms with van der Waals surface area (Å²) in [6.07, 6.45) is 0. The predicted octanol–water partition coefficient (Wildman–Crippen LogP) is 2.20. The smallest absolute Gasteiger partial charge is 0.335 e. The second-order valence-electron chi connectivity index (χ2n) is 2.54. The van der Waals surface area contributed by atoms with Gasteiger partial charge in [0.05, 0.1) is 11.1 Å². The SMILES string of the molecule is C=C=C=C.O=C(O)c1ccc(C(=O)O)cc1.